The van der Waals surface area contributed by atoms with Crippen molar-refractivity contribution < 1.29 is 0 Å². The molecule has 2 aliphatic heterocycles. The van der Waals surface area contributed by atoms with Crippen LogP contribution in [0.5, 0.6) is 0 Å². The molecule has 0 atom stereocenters. The molecule has 2 rings (SSSR count). The van der Waals surface area contributed by atoms with E-state index in [4.69, 9.17) is 0 Å². The number of nitrogens with zero attached hydrogens (tertiary/aromatic N) is 2. The van der Waals surface area contributed by atoms with E-state index >= 15 is 0 Å². The molecule has 1 saturated heterocycles. The molecule has 0 aromatic heterocycles. The van der Waals surface area contributed by atoms with E-state index in [1.807, 2.05) is 0 Å². The maximum Gasteiger partial charge on any atom is 0.0487 e. The molecule has 4 nitrogen and oxygen atoms in total. The van der Waals surface area contributed by atoms with Crippen molar-refractivity contribution in [2.24, 2.45) is 0 Å². The van der Waals surface area contributed by atoms with Gasteiger partial charge in [-0.25, -0.2) is 0 Å². The number of hydrazine groups is 1. The first-order valence-electron chi connectivity index (χ1n) is 4.61. The molecular formula is C8H16N4S. The van der Waals surface area contributed by atoms with Crippen molar-refractivity contribution in [1.29, 1.82) is 0 Å². The largest absolute Gasteiger partial charge is 0.314 e. The number of hydrogen-bond acceptors (Lipinski definition) is 5. The van der Waals surface area contributed by atoms with Crippen molar-refractivity contribution in [1.82, 2.24) is 20.1 Å². The summed E-state index contributed by atoms with van der Waals surface area (Å²) in [5.41, 5.74) is 4.42. The first kappa shape index (κ1) is 9.33. The van der Waals surface area contributed by atoms with Gasteiger partial charge in [-0.05, 0) is 19.0 Å². The summed E-state index contributed by atoms with van der Waals surface area (Å²) in [5.74, 6) is 0. The molecule has 0 radical (unpaired) electrons. The molecule has 0 unspecified atom stereocenters. The van der Waals surface area contributed by atoms with E-state index in [1.165, 1.54) is 31.9 Å². The molecule has 0 amide bonds. The zero-order chi connectivity index (χ0) is 9.10. The molecule has 0 aliphatic carbocycles. The topological polar surface area (TPSA) is 30.5 Å². The van der Waals surface area contributed by atoms with Crippen LogP contribution in [0.3, 0.4) is 0 Å². The average Bonchev–Trinajstić information content (AvgIpc) is 2.62. The van der Waals surface area contributed by atoms with Gasteiger partial charge in [-0.3, -0.25) is 4.90 Å². The number of piperazine rings is 1. The van der Waals surface area contributed by atoms with E-state index in [0.29, 0.717) is 0 Å². The number of nitrogens with one attached hydrogen (secondary N) is 2. The second-order valence-electron chi connectivity index (χ2n) is 3.57. The lowest BCUT2D eigenvalue weighted by Gasteiger charge is -2.32. The molecule has 1 fully saturated rings. The maximum atomic E-state index is 3.13. The Balaban J connectivity index is 1.75. The second-order valence-corrected chi connectivity index (χ2v) is 4.24. The maximum absolute atomic E-state index is 3.13. The minimum Gasteiger partial charge on any atom is -0.314 e. The van der Waals surface area contributed by atoms with Crippen LogP contribution in [-0.4, -0.2) is 49.6 Å². The lowest BCUT2D eigenvalue weighted by molar-refractivity contribution is 0.162. The molecular weight excluding hydrogens is 184 g/mol. The predicted octanol–water partition coefficient (Wildman–Crippen LogP) is -0.169. The molecule has 2 aliphatic rings. The Morgan fingerprint density at radius 2 is 2.15 bits per heavy atom. The summed E-state index contributed by atoms with van der Waals surface area (Å²) in [6.45, 7) is 5.79. The average molecular weight is 200 g/mol. The van der Waals surface area contributed by atoms with Crippen LogP contribution in [0.25, 0.3) is 0 Å². The van der Waals surface area contributed by atoms with Crippen LogP contribution in [-0.2, 0) is 0 Å². The molecule has 0 spiro atoms. The number of rotatable bonds is 2. The van der Waals surface area contributed by atoms with Gasteiger partial charge in [-0.15, -0.1) is 0 Å². The highest BCUT2D eigenvalue weighted by Gasteiger charge is 2.15. The fraction of sp³-hybridized carbons (Fsp3) is 0.750. The van der Waals surface area contributed by atoms with E-state index in [9.17, 15) is 0 Å². The third-order valence-electron chi connectivity index (χ3n) is 2.46. The highest BCUT2D eigenvalue weighted by atomic mass is 32.2. The van der Waals surface area contributed by atoms with Crippen LogP contribution in [0.4, 0.5) is 0 Å². The Morgan fingerprint density at radius 1 is 1.38 bits per heavy atom. The quantitative estimate of drug-likeness (QED) is 0.605. The smallest absolute Gasteiger partial charge is 0.0487 e. The first-order valence-corrected chi connectivity index (χ1v) is 5.49. The summed E-state index contributed by atoms with van der Waals surface area (Å²) in [5, 5.41) is 2.14. The summed E-state index contributed by atoms with van der Waals surface area (Å²) >= 11 is 1.61. The SMILES string of the molecule is CN1CCN(CC2=CSNN2)CC1. The first-order chi connectivity index (χ1) is 6.34. The summed E-state index contributed by atoms with van der Waals surface area (Å²) < 4.78 is 0. The predicted molar refractivity (Wildman–Crippen MR) is 55.9 cm³/mol. The van der Waals surface area contributed by atoms with Crippen LogP contribution in [0.15, 0.2) is 11.1 Å². The van der Waals surface area contributed by atoms with Crippen LogP contribution in [0.2, 0.25) is 0 Å². The van der Waals surface area contributed by atoms with Crippen molar-refractivity contribution in [3.8, 4) is 0 Å². The van der Waals surface area contributed by atoms with E-state index < -0.39 is 0 Å². The third kappa shape index (κ3) is 2.60. The van der Waals surface area contributed by atoms with Gasteiger partial charge in [0.15, 0.2) is 0 Å². The standard InChI is InChI=1S/C8H16N4S/c1-11-2-4-12(5-3-11)6-8-7-13-10-9-8/h7,9-10H,2-6H2,1H3. The van der Waals surface area contributed by atoms with E-state index in [-0.39, 0.29) is 0 Å². The minimum atomic E-state index is 1.05. The van der Waals surface area contributed by atoms with Gasteiger partial charge in [0.2, 0.25) is 0 Å². The Hall–Kier alpha value is -0.230. The van der Waals surface area contributed by atoms with Gasteiger partial charge in [-0.2, -0.15) is 4.83 Å². The van der Waals surface area contributed by atoms with Crippen molar-refractivity contribution in [3.05, 3.63) is 11.1 Å². The molecule has 13 heavy (non-hydrogen) atoms. The van der Waals surface area contributed by atoms with Gasteiger partial charge in [0.25, 0.3) is 0 Å². The highest BCUT2D eigenvalue weighted by Crippen LogP contribution is 2.09. The Kier molecular flexibility index (Phi) is 3.10. The molecule has 0 saturated carbocycles. The Morgan fingerprint density at radius 3 is 2.77 bits per heavy atom. The zero-order valence-corrected chi connectivity index (χ0v) is 8.73. The normalized spacial score (nSPS) is 25.8. The fourth-order valence-electron chi connectivity index (χ4n) is 1.55. The van der Waals surface area contributed by atoms with E-state index in [2.05, 4.69) is 32.5 Å². The van der Waals surface area contributed by atoms with Crippen molar-refractivity contribution in [2.45, 2.75) is 0 Å². The zero-order valence-electron chi connectivity index (χ0n) is 7.92. The molecule has 5 heteroatoms. The van der Waals surface area contributed by atoms with Gasteiger partial charge < -0.3 is 10.3 Å². The monoisotopic (exact) mass is 200 g/mol. The fourth-order valence-corrected chi connectivity index (χ4v) is 2.07. The summed E-state index contributed by atoms with van der Waals surface area (Å²) in [6, 6.07) is 0. The van der Waals surface area contributed by atoms with Gasteiger partial charge in [-0.1, -0.05) is 0 Å². The van der Waals surface area contributed by atoms with Gasteiger partial charge >= 0.3 is 0 Å². The molecule has 74 valence electrons. The van der Waals surface area contributed by atoms with Crippen LogP contribution in [0, 0.1) is 0 Å². The second kappa shape index (κ2) is 4.32. The van der Waals surface area contributed by atoms with Crippen molar-refractivity contribution in [3.63, 3.8) is 0 Å². The van der Waals surface area contributed by atoms with E-state index in [0.717, 1.165) is 6.54 Å². The molecule has 0 aromatic rings. The van der Waals surface area contributed by atoms with Crippen LogP contribution >= 0.6 is 11.9 Å². The summed E-state index contributed by atoms with van der Waals surface area (Å²) in [7, 11) is 2.18. The number of likely N-dealkylation sites (N-methyl/N-ethyl adjacent to an activating group) is 1. The Bertz CT molecular complexity index is 198. The molecule has 2 heterocycles. The highest BCUT2D eigenvalue weighted by molar-refractivity contribution is 8.00. The third-order valence-corrected chi connectivity index (χ3v) is 3.08. The summed E-state index contributed by atoms with van der Waals surface area (Å²) in [4.78, 5) is 7.86. The van der Waals surface area contributed by atoms with Crippen molar-refractivity contribution in [2.75, 3.05) is 39.8 Å². The molecule has 0 aromatic carbocycles. The van der Waals surface area contributed by atoms with E-state index in [1.54, 1.807) is 11.9 Å². The minimum absolute atomic E-state index is 1.05. The lowest BCUT2D eigenvalue weighted by atomic mass is 10.3. The van der Waals surface area contributed by atoms with Gasteiger partial charge in [0.1, 0.15) is 0 Å². The lowest BCUT2D eigenvalue weighted by Crippen LogP contribution is -2.46. The van der Waals surface area contributed by atoms with Crippen molar-refractivity contribution >= 4 is 11.9 Å². The molecule has 0 bridgehead atoms. The van der Waals surface area contributed by atoms with Crippen LogP contribution in [0.1, 0.15) is 0 Å². The number of hydrogen-bond donors (Lipinski definition) is 2. The van der Waals surface area contributed by atoms with Gasteiger partial charge in [0, 0.05) is 43.8 Å². The van der Waals surface area contributed by atoms with Gasteiger partial charge in [0.05, 0.1) is 0 Å². The Labute approximate surface area is 83.4 Å². The summed E-state index contributed by atoms with van der Waals surface area (Å²) in [6.07, 6.45) is 0. The molecule has 2 N–H and O–H groups in total. The van der Waals surface area contributed by atoms with Crippen LogP contribution < -0.4 is 10.3 Å².